The van der Waals surface area contributed by atoms with Crippen molar-refractivity contribution in [2.75, 3.05) is 4.90 Å². The number of benzene rings is 4. The Morgan fingerprint density at radius 2 is 1.17 bits per heavy atom. The summed E-state index contributed by atoms with van der Waals surface area (Å²) in [4.78, 5) is 56.9. The van der Waals surface area contributed by atoms with Crippen LogP contribution in [0.5, 0.6) is 11.5 Å². The molecule has 0 aromatic heterocycles. The molecule has 7 rings (SSSR count). The Morgan fingerprint density at radius 1 is 0.659 bits per heavy atom. The van der Waals surface area contributed by atoms with Gasteiger partial charge in [0.1, 0.15) is 11.5 Å². The maximum Gasteiger partial charge on any atom is 0.241 e. The molecule has 3 aliphatic rings. The van der Waals surface area contributed by atoms with Crippen LogP contribution < -0.4 is 9.64 Å². The summed E-state index contributed by atoms with van der Waals surface area (Å²) in [6.07, 6.45) is -1.02. The van der Waals surface area contributed by atoms with Crippen molar-refractivity contribution in [1.82, 2.24) is 0 Å². The van der Waals surface area contributed by atoms with E-state index in [9.17, 15) is 19.2 Å². The average molecular weight is 584 g/mol. The van der Waals surface area contributed by atoms with E-state index < -0.39 is 46.9 Å². The molecule has 2 amide bonds. The van der Waals surface area contributed by atoms with Crippen molar-refractivity contribution in [3.8, 4) is 11.5 Å². The molecular weight excluding hydrogens is 565 g/mol. The largest absolute Gasteiger partial charge is 0.457 e. The van der Waals surface area contributed by atoms with E-state index in [0.29, 0.717) is 32.8 Å². The topological polar surface area (TPSA) is 90.0 Å². The Morgan fingerprint density at radius 3 is 1.73 bits per heavy atom. The number of imide groups is 1. The summed E-state index contributed by atoms with van der Waals surface area (Å²) in [6.45, 7) is 0. The SMILES string of the molecule is O=C1[C@@H]2[C@@H](c3ccc(Cl)cc3)OC3(C(=O)c4ccccc4C3=O)[C@@H]2C(=O)N1c1ccc(Oc2ccc(Cl)cc2)cc1. The van der Waals surface area contributed by atoms with E-state index in [4.69, 9.17) is 32.7 Å². The third-order valence-corrected chi connectivity index (χ3v) is 8.37. The van der Waals surface area contributed by atoms with Gasteiger partial charge in [-0.1, -0.05) is 59.6 Å². The zero-order valence-corrected chi connectivity index (χ0v) is 22.6. The summed E-state index contributed by atoms with van der Waals surface area (Å²) < 4.78 is 12.1. The van der Waals surface area contributed by atoms with Crippen LogP contribution in [0.4, 0.5) is 5.69 Å². The molecule has 4 aromatic carbocycles. The van der Waals surface area contributed by atoms with Crippen molar-refractivity contribution in [3.63, 3.8) is 0 Å². The summed E-state index contributed by atoms with van der Waals surface area (Å²) in [5, 5.41) is 1.04. The van der Waals surface area contributed by atoms with Crippen molar-refractivity contribution >= 4 is 52.3 Å². The van der Waals surface area contributed by atoms with Gasteiger partial charge in [-0.25, -0.2) is 4.90 Å². The highest BCUT2D eigenvalue weighted by molar-refractivity contribution is 6.37. The minimum absolute atomic E-state index is 0.176. The smallest absolute Gasteiger partial charge is 0.241 e. The Balaban J connectivity index is 1.28. The fourth-order valence-corrected chi connectivity index (χ4v) is 6.28. The van der Waals surface area contributed by atoms with Crippen molar-refractivity contribution in [1.29, 1.82) is 0 Å². The number of ether oxygens (including phenoxy) is 2. The molecule has 202 valence electrons. The summed E-state index contributed by atoms with van der Waals surface area (Å²) in [5.74, 6) is -3.85. The second-order valence-electron chi connectivity index (χ2n) is 10.1. The van der Waals surface area contributed by atoms with Crippen LogP contribution in [0.15, 0.2) is 97.1 Å². The molecule has 0 radical (unpaired) electrons. The van der Waals surface area contributed by atoms with Crippen molar-refractivity contribution in [2.24, 2.45) is 11.8 Å². The monoisotopic (exact) mass is 583 g/mol. The van der Waals surface area contributed by atoms with Crippen LogP contribution >= 0.6 is 23.2 Å². The zero-order valence-electron chi connectivity index (χ0n) is 21.1. The molecule has 0 bridgehead atoms. The first-order valence-corrected chi connectivity index (χ1v) is 13.6. The molecule has 2 aliphatic heterocycles. The molecule has 41 heavy (non-hydrogen) atoms. The van der Waals surface area contributed by atoms with Gasteiger partial charge in [0.2, 0.25) is 29.0 Å². The maximum absolute atomic E-state index is 14.1. The molecule has 0 N–H and O–H groups in total. The van der Waals surface area contributed by atoms with Gasteiger partial charge in [0.25, 0.3) is 0 Å². The molecule has 2 heterocycles. The fourth-order valence-electron chi connectivity index (χ4n) is 6.03. The highest BCUT2D eigenvalue weighted by atomic mass is 35.5. The van der Waals surface area contributed by atoms with Gasteiger partial charge in [-0.15, -0.1) is 0 Å². The molecule has 0 unspecified atom stereocenters. The Kier molecular flexibility index (Phi) is 5.87. The first-order chi connectivity index (χ1) is 19.8. The van der Waals surface area contributed by atoms with Crippen LogP contribution in [0.2, 0.25) is 10.0 Å². The zero-order chi connectivity index (χ0) is 28.5. The van der Waals surface area contributed by atoms with E-state index in [-0.39, 0.29) is 11.1 Å². The maximum atomic E-state index is 14.1. The molecule has 1 aliphatic carbocycles. The Bertz CT molecular complexity index is 1720. The molecule has 2 fully saturated rings. The summed E-state index contributed by atoms with van der Waals surface area (Å²) in [6, 6.07) is 26.2. The van der Waals surface area contributed by atoms with Crippen LogP contribution in [-0.2, 0) is 14.3 Å². The molecule has 0 saturated carbocycles. The van der Waals surface area contributed by atoms with Gasteiger partial charge in [-0.05, 0) is 66.2 Å². The minimum atomic E-state index is -2.14. The fraction of sp³-hybridized carbons (Fsp3) is 0.125. The standard InChI is InChI=1S/C32H19Cl2NO6/c33-18-7-5-17(6-8-18)27-25-26(32(41-27)28(36)23-3-1-2-4-24(23)29(32)37)31(39)35(30(25)38)20-11-15-22(16-12-20)40-21-13-9-19(34)10-14-21/h1-16,25-27H/t25-,26-,27+/m0/s1. The lowest BCUT2D eigenvalue weighted by Gasteiger charge is -2.27. The number of carbonyl (C=O) groups excluding carboxylic acids is 4. The molecule has 4 aromatic rings. The molecular formula is C32H19Cl2NO6. The predicted octanol–water partition coefficient (Wildman–Crippen LogP) is 6.48. The molecule has 1 spiro atoms. The summed E-state index contributed by atoms with van der Waals surface area (Å²) in [7, 11) is 0. The van der Waals surface area contributed by atoms with Crippen molar-refractivity contribution in [3.05, 3.63) is 124 Å². The Hall–Kier alpha value is -4.30. The first kappa shape index (κ1) is 25.7. The van der Waals surface area contributed by atoms with Crippen LogP contribution in [0.1, 0.15) is 32.4 Å². The van der Waals surface area contributed by atoms with Gasteiger partial charge >= 0.3 is 0 Å². The number of ketones is 2. The number of fused-ring (bicyclic) bond motifs is 3. The lowest BCUT2D eigenvalue weighted by atomic mass is 9.77. The second kappa shape index (κ2) is 9.38. The Labute approximate surface area is 244 Å². The lowest BCUT2D eigenvalue weighted by molar-refractivity contribution is -0.127. The van der Waals surface area contributed by atoms with E-state index in [1.807, 2.05) is 0 Å². The number of hydrogen-bond donors (Lipinski definition) is 0. The minimum Gasteiger partial charge on any atom is -0.457 e. The van der Waals surface area contributed by atoms with Crippen molar-refractivity contribution < 1.29 is 28.7 Å². The van der Waals surface area contributed by atoms with Gasteiger partial charge in [0.15, 0.2) is 0 Å². The molecule has 9 heteroatoms. The number of hydrogen-bond acceptors (Lipinski definition) is 6. The highest BCUT2D eigenvalue weighted by Crippen LogP contribution is 2.57. The van der Waals surface area contributed by atoms with E-state index in [1.54, 1.807) is 84.9 Å². The van der Waals surface area contributed by atoms with Gasteiger partial charge in [0, 0.05) is 21.2 Å². The summed E-state index contributed by atoms with van der Waals surface area (Å²) in [5.41, 5.74) is -0.964. The van der Waals surface area contributed by atoms with Crippen LogP contribution in [0.25, 0.3) is 0 Å². The molecule has 2 saturated heterocycles. The quantitative estimate of drug-likeness (QED) is 0.202. The number of nitrogens with zero attached hydrogens (tertiary/aromatic N) is 1. The van der Waals surface area contributed by atoms with Crippen LogP contribution in [0.3, 0.4) is 0 Å². The van der Waals surface area contributed by atoms with E-state index in [1.165, 1.54) is 12.1 Å². The van der Waals surface area contributed by atoms with Crippen LogP contribution in [0, 0.1) is 11.8 Å². The van der Waals surface area contributed by atoms with Crippen molar-refractivity contribution in [2.45, 2.75) is 11.7 Å². The van der Waals surface area contributed by atoms with Gasteiger partial charge < -0.3 is 9.47 Å². The van der Waals surface area contributed by atoms with Gasteiger partial charge in [0.05, 0.1) is 23.6 Å². The number of carbonyl (C=O) groups is 4. The highest BCUT2D eigenvalue weighted by Gasteiger charge is 2.74. The third-order valence-electron chi connectivity index (χ3n) is 7.86. The second-order valence-corrected chi connectivity index (χ2v) is 11.0. The molecule has 7 nitrogen and oxygen atoms in total. The number of amides is 2. The van der Waals surface area contributed by atoms with Crippen LogP contribution in [-0.4, -0.2) is 29.0 Å². The van der Waals surface area contributed by atoms with Gasteiger partial charge in [-0.3, -0.25) is 19.2 Å². The number of anilines is 1. The predicted molar refractivity (Wildman–Crippen MR) is 151 cm³/mol. The lowest BCUT2D eigenvalue weighted by Crippen LogP contribution is -2.51. The normalized spacial score (nSPS) is 22.4. The first-order valence-electron chi connectivity index (χ1n) is 12.8. The third kappa shape index (κ3) is 3.77. The molecule has 3 atom stereocenters. The number of rotatable bonds is 4. The van der Waals surface area contributed by atoms with E-state index in [2.05, 4.69) is 0 Å². The summed E-state index contributed by atoms with van der Waals surface area (Å²) >= 11 is 12.0. The number of halogens is 2. The average Bonchev–Trinajstić information content (AvgIpc) is 3.55. The number of Topliss-reactive ketones (excluding diaryl/α,β-unsaturated/α-hetero) is 2. The van der Waals surface area contributed by atoms with Gasteiger partial charge in [-0.2, -0.15) is 0 Å². The van der Waals surface area contributed by atoms with E-state index in [0.717, 1.165) is 4.90 Å². The van der Waals surface area contributed by atoms with E-state index >= 15 is 0 Å².